The number of ether oxygens (including phenoxy) is 2. The van der Waals surface area contributed by atoms with E-state index < -0.39 is 5.97 Å². The van der Waals surface area contributed by atoms with Crippen LogP contribution in [0.3, 0.4) is 0 Å². The molecular formula is C22H16N2O4. The molecule has 0 spiro atoms. The second-order valence-corrected chi connectivity index (χ2v) is 5.76. The van der Waals surface area contributed by atoms with Crippen LogP contribution in [0.4, 0.5) is 5.69 Å². The lowest BCUT2D eigenvalue weighted by Gasteiger charge is -2.10. The summed E-state index contributed by atoms with van der Waals surface area (Å²) in [6.45, 7) is 0. The highest BCUT2D eigenvalue weighted by atomic mass is 16.5. The summed E-state index contributed by atoms with van der Waals surface area (Å²) in [5.41, 5.74) is 1.62. The van der Waals surface area contributed by atoms with Gasteiger partial charge in [0.05, 0.1) is 29.9 Å². The van der Waals surface area contributed by atoms with Crippen molar-refractivity contribution in [1.29, 1.82) is 5.26 Å². The van der Waals surface area contributed by atoms with Crippen molar-refractivity contribution in [3.05, 3.63) is 89.5 Å². The van der Waals surface area contributed by atoms with Crippen LogP contribution in [-0.2, 0) is 0 Å². The summed E-state index contributed by atoms with van der Waals surface area (Å²) in [7, 11) is 1.50. The number of benzene rings is 3. The lowest BCUT2D eigenvalue weighted by Crippen LogP contribution is -2.13. The molecule has 3 rings (SSSR count). The summed E-state index contributed by atoms with van der Waals surface area (Å²) < 4.78 is 10.5. The van der Waals surface area contributed by atoms with Crippen LogP contribution in [-0.4, -0.2) is 19.0 Å². The Morgan fingerprint density at radius 3 is 2.43 bits per heavy atom. The predicted octanol–water partition coefficient (Wildman–Crippen LogP) is 4.04. The number of amides is 1. The van der Waals surface area contributed by atoms with E-state index in [1.165, 1.54) is 13.2 Å². The van der Waals surface area contributed by atoms with Gasteiger partial charge in [0.25, 0.3) is 5.91 Å². The van der Waals surface area contributed by atoms with E-state index in [1.54, 1.807) is 66.7 Å². The molecule has 0 heterocycles. The van der Waals surface area contributed by atoms with Crippen molar-refractivity contribution >= 4 is 17.6 Å². The highest BCUT2D eigenvalue weighted by molar-refractivity contribution is 6.06. The van der Waals surface area contributed by atoms with Crippen molar-refractivity contribution in [2.75, 3.05) is 12.4 Å². The lowest BCUT2D eigenvalue weighted by molar-refractivity contribution is 0.0734. The monoisotopic (exact) mass is 372 g/mol. The Labute approximate surface area is 161 Å². The number of anilines is 1. The first-order valence-electron chi connectivity index (χ1n) is 8.37. The Kier molecular flexibility index (Phi) is 5.68. The van der Waals surface area contributed by atoms with Gasteiger partial charge in [-0.05, 0) is 54.6 Å². The van der Waals surface area contributed by atoms with Gasteiger partial charge in [-0.25, -0.2) is 4.79 Å². The van der Waals surface area contributed by atoms with Crippen LogP contribution in [0.1, 0.15) is 26.3 Å². The quantitative estimate of drug-likeness (QED) is 0.539. The maximum atomic E-state index is 12.4. The number of esters is 1. The number of hydrogen-bond donors (Lipinski definition) is 1. The molecule has 0 aliphatic rings. The first-order chi connectivity index (χ1) is 13.6. The van der Waals surface area contributed by atoms with Gasteiger partial charge in [-0.1, -0.05) is 18.2 Å². The number of hydrogen-bond acceptors (Lipinski definition) is 5. The molecule has 0 saturated heterocycles. The van der Waals surface area contributed by atoms with Crippen molar-refractivity contribution < 1.29 is 19.1 Å². The molecule has 0 aromatic heterocycles. The zero-order valence-electron chi connectivity index (χ0n) is 15.0. The van der Waals surface area contributed by atoms with Crippen LogP contribution >= 0.6 is 0 Å². The molecule has 0 bridgehead atoms. The van der Waals surface area contributed by atoms with E-state index in [9.17, 15) is 9.59 Å². The van der Waals surface area contributed by atoms with Crippen molar-refractivity contribution in [3.63, 3.8) is 0 Å². The Bertz CT molecular complexity index is 1050. The minimum Gasteiger partial charge on any atom is -0.496 e. The van der Waals surface area contributed by atoms with Crippen LogP contribution in [0, 0.1) is 11.3 Å². The summed E-state index contributed by atoms with van der Waals surface area (Å²) in [6, 6.07) is 21.5. The van der Waals surface area contributed by atoms with E-state index in [0.29, 0.717) is 28.3 Å². The molecule has 6 nitrogen and oxygen atoms in total. The number of nitriles is 1. The molecule has 138 valence electrons. The number of methoxy groups -OCH3 is 1. The molecule has 0 aliphatic carbocycles. The van der Waals surface area contributed by atoms with Gasteiger partial charge in [-0.2, -0.15) is 5.26 Å². The van der Waals surface area contributed by atoms with Crippen molar-refractivity contribution in [2.24, 2.45) is 0 Å². The molecule has 6 heteroatoms. The Balaban J connectivity index is 1.67. The number of nitrogens with zero attached hydrogens (tertiary/aromatic N) is 1. The Hall–Kier alpha value is -4.11. The lowest BCUT2D eigenvalue weighted by atomic mass is 10.1. The average Bonchev–Trinajstić information content (AvgIpc) is 2.75. The molecule has 0 unspecified atom stereocenters. The van der Waals surface area contributed by atoms with Gasteiger partial charge >= 0.3 is 5.97 Å². The molecule has 3 aromatic rings. The van der Waals surface area contributed by atoms with Crippen LogP contribution in [0.2, 0.25) is 0 Å². The normalized spacial score (nSPS) is 9.86. The van der Waals surface area contributed by atoms with Crippen LogP contribution in [0.25, 0.3) is 0 Å². The maximum Gasteiger partial charge on any atom is 0.343 e. The minimum absolute atomic E-state index is 0.285. The zero-order valence-corrected chi connectivity index (χ0v) is 15.0. The number of carbonyl (C=O) groups excluding carboxylic acids is 2. The Morgan fingerprint density at radius 1 is 0.964 bits per heavy atom. The van der Waals surface area contributed by atoms with Gasteiger partial charge in [-0.3, -0.25) is 4.79 Å². The maximum absolute atomic E-state index is 12.4. The summed E-state index contributed by atoms with van der Waals surface area (Å²) in [6.07, 6.45) is 0. The molecular weight excluding hydrogens is 356 g/mol. The number of rotatable bonds is 5. The van der Waals surface area contributed by atoms with Gasteiger partial charge in [0.1, 0.15) is 11.5 Å². The third kappa shape index (κ3) is 4.34. The first kappa shape index (κ1) is 18.7. The van der Waals surface area contributed by atoms with Gasteiger partial charge in [-0.15, -0.1) is 0 Å². The standard InChI is InChI=1S/C22H16N2O4/c1-27-20-8-3-2-7-19(20)21(25)24-17-9-11-18(12-10-17)28-22(26)16-6-4-5-15(13-16)14-23/h2-13H,1H3,(H,24,25). The summed E-state index contributed by atoms with van der Waals surface area (Å²) in [5.74, 6) is -0.0776. The van der Waals surface area contributed by atoms with E-state index in [1.807, 2.05) is 6.07 Å². The Morgan fingerprint density at radius 2 is 1.71 bits per heavy atom. The molecule has 1 N–H and O–H groups in total. The fourth-order valence-electron chi connectivity index (χ4n) is 2.52. The zero-order chi connectivity index (χ0) is 19.9. The van der Waals surface area contributed by atoms with E-state index in [4.69, 9.17) is 14.7 Å². The third-order valence-electron chi connectivity index (χ3n) is 3.90. The highest BCUT2D eigenvalue weighted by Gasteiger charge is 2.12. The first-order valence-corrected chi connectivity index (χ1v) is 8.37. The topological polar surface area (TPSA) is 88.4 Å². The van der Waals surface area contributed by atoms with E-state index in [2.05, 4.69) is 5.32 Å². The number of para-hydroxylation sites is 1. The summed E-state index contributed by atoms with van der Waals surface area (Å²) in [4.78, 5) is 24.6. The third-order valence-corrected chi connectivity index (χ3v) is 3.90. The average molecular weight is 372 g/mol. The number of carbonyl (C=O) groups is 2. The molecule has 3 aromatic carbocycles. The van der Waals surface area contributed by atoms with Gasteiger partial charge < -0.3 is 14.8 Å². The smallest absolute Gasteiger partial charge is 0.343 e. The fourth-order valence-corrected chi connectivity index (χ4v) is 2.52. The molecule has 0 atom stereocenters. The minimum atomic E-state index is -0.567. The van der Waals surface area contributed by atoms with Gasteiger partial charge in [0, 0.05) is 5.69 Å². The fraction of sp³-hybridized carbons (Fsp3) is 0.0455. The van der Waals surface area contributed by atoms with Crippen molar-refractivity contribution in [1.82, 2.24) is 0 Å². The largest absolute Gasteiger partial charge is 0.496 e. The van der Waals surface area contributed by atoms with Crippen molar-refractivity contribution in [3.8, 4) is 17.6 Å². The SMILES string of the molecule is COc1ccccc1C(=O)Nc1ccc(OC(=O)c2cccc(C#N)c2)cc1. The molecule has 0 radical (unpaired) electrons. The predicted molar refractivity (Wildman–Crippen MR) is 104 cm³/mol. The van der Waals surface area contributed by atoms with Crippen molar-refractivity contribution in [2.45, 2.75) is 0 Å². The molecule has 28 heavy (non-hydrogen) atoms. The molecule has 1 amide bonds. The van der Waals surface area contributed by atoms with Gasteiger partial charge in [0.15, 0.2) is 0 Å². The van der Waals surface area contributed by atoms with E-state index in [0.717, 1.165) is 0 Å². The van der Waals surface area contributed by atoms with Crippen LogP contribution in [0.5, 0.6) is 11.5 Å². The summed E-state index contributed by atoms with van der Waals surface area (Å²) >= 11 is 0. The molecule has 0 aliphatic heterocycles. The highest BCUT2D eigenvalue weighted by Crippen LogP contribution is 2.21. The van der Waals surface area contributed by atoms with Gasteiger partial charge in [0.2, 0.25) is 0 Å². The van der Waals surface area contributed by atoms with E-state index >= 15 is 0 Å². The van der Waals surface area contributed by atoms with Crippen LogP contribution < -0.4 is 14.8 Å². The number of nitrogens with one attached hydrogen (secondary N) is 1. The second kappa shape index (κ2) is 8.52. The summed E-state index contributed by atoms with van der Waals surface area (Å²) in [5, 5.41) is 11.7. The van der Waals surface area contributed by atoms with Crippen LogP contribution in [0.15, 0.2) is 72.8 Å². The molecule has 0 saturated carbocycles. The second-order valence-electron chi connectivity index (χ2n) is 5.76. The van der Waals surface area contributed by atoms with E-state index in [-0.39, 0.29) is 11.5 Å². The molecule has 0 fully saturated rings.